The van der Waals surface area contributed by atoms with Crippen LogP contribution in [0.2, 0.25) is 0 Å². The van der Waals surface area contributed by atoms with Gasteiger partial charge in [-0.1, -0.05) is 49.3 Å². The predicted molar refractivity (Wildman–Crippen MR) is 74.2 cm³/mol. The Labute approximate surface area is 109 Å². The molecule has 0 saturated heterocycles. The van der Waals surface area contributed by atoms with Gasteiger partial charge in [0.25, 0.3) is 0 Å². The summed E-state index contributed by atoms with van der Waals surface area (Å²) in [7, 11) is 0. The molecule has 0 spiro atoms. The van der Waals surface area contributed by atoms with Gasteiger partial charge in [0.2, 0.25) is 0 Å². The molecule has 18 heavy (non-hydrogen) atoms. The van der Waals surface area contributed by atoms with E-state index in [9.17, 15) is 5.11 Å². The van der Waals surface area contributed by atoms with Gasteiger partial charge in [-0.25, -0.2) is 0 Å². The fraction of sp³-hybridized carbons (Fsp3) is 0.500. The third-order valence-corrected chi connectivity index (χ3v) is 3.67. The number of nitrogens with one attached hydrogen (secondary N) is 1. The third kappa shape index (κ3) is 3.60. The van der Waals surface area contributed by atoms with Gasteiger partial charge in [0.15, 0.2) is 0 Å². The van der Waals surface area contributed by atoms with Crippen LogP contribution in [0.3, 0.4) is 0 Å². The summed E-state index contributed by atoms with van der Waals surface area (Å²) in [5.41, 5.74) is 0.963. The van der Waals surface area contributed by atoms with Gasteiger partial charge in [-0.05, 0) is 25.0 Å². The van der Waals surface area contributed by atoms with Crippen molar-refractivity contribution in [3.63, 3.8) is 0 Å². The standard InChI is InChI=1S/C16H21NO/c18-14-16(11-5-2-6-12-16)17-13-7-10-15-8-3-1-4-9-15/h1,3-4,8-9,17-18H,2,5-6,11-14H2. The highest BCUT2D eigenvalue weighted by molar-refractivity contribution is 5.33. The second-order valence-corrected chi connectivity index (χ2v) is 5.02. The van der Waals surface area contributed by atoms with E-state index in [2.05, 4.69) is 17.2 Å². The molecule has 1 aliphatic rings. The van der Waals surface area contributed by atoms with E-state index in [0.717, 1.165) is 18.4 Å². The third-order valence-electron chi connectivity index (χ3n) is 3.67. The zero-order valence-electron chi connectivity index (χ0n) is 10.8. The summed E-state index contributed by atoms with van der Waals surface area (Å²) in [5, 5.41) is 13.0. The van der Waals surface area contributed by atoms with E-state index in [1.807, 2.05) is 30.3 Å². The van der Waals surface area contributed by atoms with Crippen LogP contribution in [0.25, 0.3) is 0 Å². The van der Waals surface area contributed by atoms with Crippen LogP contribution in [0.4, 0.5) is 0 Å². The largest absolute Gasteiger partial charge is 0.394 e. The van der Waals surface area contributed by atoms with E-state index in [1.165, 1.54) is 19.3 Å². The van der Waals surface area contributed by atoms with Crippen molar-refractivity contribution in [1.29, 1.82) is 0 Å². The number of hydrogen-bond donors (Lipinski definition) is 2. The Morgan fingerprint density at radius 3 is 2.50 bits per heavy atom. The van der Waals surface area contributed by atoms with E-state index >= 15 is 0 Å². The Hall–Kier alpha value is -1.30. The van der Waals surface area contributed by atoms with E-state index < -0.39 is 0 Å². The van der Waals surface area contributed by atoms with Gasteiger partial charge in [-0.3, -0.25) is 5.32 Å². The molecule has 2 N–H and O–H groups in total. The molecule has 1 aromatic rings. The van der Waals surface area contributed by atoms with Crippen molar-refractivity contribution in [1.82, 2.24) is 5.32 Å². The number of aliphatic hydroxyl groups excluding tert-OH is 1. The van der Waals surface area contributed by atoms with Crippen molar-refractivity contribution in [3.8, 4) is 11.8 Å². The maximum Gasteiger partial charge on any atom is 0.0613 e. The molecular formula is C16H21NO. The molecule has 0 aliphatic heterocycles. The normalized spacial score (nSPS) is 17.8. The average Bonchev–Trinajstić information content (AvgIpc) is 2.46. The summed E-state index contributed by atoms with van der Waals surface area (Å²) in [6, 6.07) is 10.00. The van der Waals surface area contributed by atoms with Gasteiger partial charge in [-0.15, -0.1) is 0 Å². The number of hydrogen-bond acceptors (Lipinski definition) is 2. The van der Waals surface area contributed by atoms with Crippen molar-refractivity contribution in [3.05, 3.63) is 35.9 Å². The van der Waals surface area contributed by atoms with E-state index in [4.69, 9.17) is 0 Å². The van der Waals surface area contributed by atoms with Crippen molar-refractivity contribution in [2.24, 2.45) is 0 Å². The lowest BCUT2D eigenvalue weighted by atomic mass is 9.82. The molecule has 2 nitrogen and oxygen atoms in total. The van der Waals surface area contributed by atoms with Crippen LogP contribution < -0.4 is 5.32 Å². The summed E-state index contributed by atoms with van der Waals surface area (Å²) in [6.45, 7) is 0.871. The summed E-state index contributed by atoms with van der Waals surface area (Å²) >= 11 is 0. The fourth-order valence-corrected chi connectivity index (χ4v) is 2.52. The van der Waals surface area contributed by atoms with Crippen molar-refractivity contribution in [2.45, 2.75) is 37.6 Å². The lowest BCUT2D eigenvalue weighted by molar-refractivity contribution is 0.125. The Balaban J connectivity index is 1.86. The second-order valence-electron chi connectivity index (χ2n) is 5.02. The average molecular weight is 243 g/mol. The highest BCUT2D eigenvalue weighted by atomic mass is 16.3. The summed E-state index contributed by atoms with van der Waals surface area (Å²) in [6.07, 6.45) is 5.84. The zero-order chi connectivity index (χ0) is 12.7. The molecule has 0 aromatic heterocycles. The Morgan fingerprint density at radius 2 is 1.83 bits per heavy atom. The predicted octanol–water partition coefficient (Wildman–Crippen LogP) is 2.32. The molecule has 1 aliphatic carbocycles. The van der Waals surface area contributed by atoms with E-state index in [1.54, 1.807) is 0 Å². The molecule has 2 heteroatoms. The molecule has 0 unspecified atom stereocenters. The molecule has 1 saturated carbocycles. The van der Waals surface area contributed by atoms with Gasteiger partial charge >= 0.3 is 0 Å². The summed E-state index contributed by atoms with van der Waals surface area (Å²) in [4.78, 5) is 0. The first-order valence-electron chi connectivity index (χ1n) is 6.74. The lowest BCUT2D eigenvalue weighted by Crippen LogP contribution is -2.50. The molecule has 1 fully saturated rings. The number of rotatable bonds is 3. The second kappa shape index (κ2) is 6.58. The molecule has 2 rings (SSSR count). The SMILES string of the molecule is OCC1(NCC#Cc2ccccc2)CCCCC1. The smallest absolute Gasteiger partial charge is 0.0613 e. The van der Waals surface area contributed by atoms with Crippen LogP contribution in [0, 0.1) is 11.8 Å². The van der Waals surface area contributed by atoms with Crippen molar-refractivity contribution >= 4 is 0 Å². The van der Waals surface area contributed by atoms with Gasteiger partial charge in [-0.2, -0.15) is 0 Å². The van der Waals surface area contributed by atoms with Crippen molar-refractivity contribution in [2.75, 3.05) is 13.2 Å². The first kappa shape index (κ1) is 13.1. The van der Waals surface area contributed by atoms with Gasteiger partial charge in [0.05, 0.1) is 13.2 Å². The van der Waals surface area contributed by atoms with Crippen LogP contribution in [-0.2, 0) is 0 Å². The minimum Gasteiger partial charge on any atom is -0.394 e. The maximum absolute atomic E-state index is 9.55. The van der Waals surface area contributed by atoms with Crippen LogP contribution in [0.1, 0.15) is 37.7 Å². The van der Waals surface area contributed by atoms with E-state index in [-0.39, 0.29) is 12.1 Å². The fourth-order valence-electron chi connectivity index (χ4n) is 2.52. The topological polar surface area (TPSA) is 32.3 Å². The van der Waals surface area contributed by atoms with Crippen LogP contribution in [-0.4, -0.2) is 23.8 Å². The maximum atomic E-state index is 9.55. The molecular weight excluding hydrogens is 222 g/mol. The zero-order valence-corrected chi connectivity index (χ0v) is 10.8. The highest BCUT2D eigenvalue weighted by Crippen LogP contribution is 2.27. The van der Waals surface area contributed by atoms with E-state index in [0.29, 0.717) is 6.54 Å². The quantitative estimate of drug-likeness (QED) is 0.799. The van der Waals surface area contributed by atoms with Crippen LogP contribution >= 0.6 is 0 Å². The van der Waals surface area contributed by atoms with Gasteiger partial charge in [0, 0.05) is 11.1 Å². The minimum absolute atomic E-state index is 0.0797. The Kier molecular flexibility index (Phi) is 4.81. The highest BCUT2D eigenvalue weighted by Gasteiger charge is 2.29. The van der Waals surface area contributed by atoms with Crippen LogP contribution in [0.15, 0.2) is 30.3 Å². The lowest BCUT2D eigenvalue weighted by Gasteiger charge is -2.36. The number of benzene rings is 1. The molecule has 0 bridgehead atoms. The van der Waals surface area contributed by atoms with Gasteiger partial charge in [0.1, 0.15) is 0 Å². The molecule has 0 amide bonds. The van der Waals surface area contributed by atoms with Crippen LogP contribution in [0.5, 0.6) is 0 Å². The minimum atomic E-state index is -0.0797. The molecule has 96 valence electrons. The molecule has 0 heterocycles. The summed E-state index contributed by atoms with van der Waals surface area (Å²) in [5.74, 6) is 6.27. The van der Waals surface area contributed by atoms with Gasteiger partial charge < -0.3 is 5.11 Å². The number of aliphatic hydroxyl groups is 1. The first-order valence-corrected chi connectivity index (χ1v) is 6.74. The molecule has 1 aromatic carbocycles. The molecule has 0 atom stereocenters. The van der Waals surface area contributed by atoms with Crippen molar-refractivity contribution < 1.29 is 5.11 Å². The summed E-state index contributed by atoms with van der Waals surface area (Å²) < 4.78 is 0. The first-order chi connectivity index (χ1) is 8.85. The Morgan fingerprint density at radius 1 is 1.11 bits per heavy atom. The Bertz CT molecular complexity index is 410. The molecule has 0 radical (unpaired) electrons. The monoisotopic (exact) mass is 243 g/mol.